The molecule has 1 heterocycles. The van der Waals surface area contributed by atoms with Crippen LogP contribution in [-0.4, -0.2) is 29.6 Å². The minimum absolute atomic E-state index is 0.0284. The lowest BCUT2D eigenvalue weighted by atomic mass is 9.98. The van der Waals surface area contributed by atoms with Crippen molar-refractivity contribution in [3.8, 4) is 0 Å². The van der Waals surface area contributed by atoms with Crippen LogP contribution in [0, 0.1) is 19.3 Å². The number of allylic oxidation sites excluding steroid dienone is 1. The lowest BCUT2D eigenvalue weighted by Crippen LogP contribution is -2.34. The van der Waals surface area contributed by atoms with Crippen LogP contribution in [0.25, 0.3) is 0 Å². The molecule has 3 nitrogen and oxygen atoms in total. The summed E-state index contributed by atoms with van der Waals surface area (Å²) >= 11 is 0. The van der Waals surface area contributed by atoms with Gasteiger partial charge in [-0.25, -0.2) is 0 Å². The maximum absolute atomic E-state index is 12.0. The third kappa shape index (κ3) is 3.35. The molecule has 2 rings (SSSR count). The van der Waals surface area contributed by atoms with Crippen LogP contribution in [0.3, 0.4) is 0 Å². The number of likely N-dealkylation sites (tertiary alicyclic amines) is 1. The van der Waals surface area contributed by atoms with E-state index in [9.17, 15) is 4.79 Å². The van der Waals surface area contributed by atoms with E-state index in [1.807, 2.05) is 36.9 Å². The molecule has 0 atom stereocenters. The number of amides is 1. The van der Waals surface area contributed by atoms with Gasteiger partial charge in [-0.3, -0.25) is 4.79 Å². The molecule has 1 saturated heterocycles. The quantitative estimate of drug-likeness (QED) is 0.665. The fourth-order valence-electron chi connectivity index (χ4n) is 2.70. The van der Waals surface area contributed by atoms with Crippen LogP contribution in [-0.2, 0) is 4.79 Å². The zero-order valence-electron chi connectivity index (χ0n) is 12.3. The molecular formula is C17H22N2O. The highest BCUT2D eigenvalue weighted by atomic mass is 16.2. The Kier molecular flexibility index (Phi) is 4.72. The average Bonchev–Trinajstić information content (AvgIpc) is 2.45. The Morgan fingerprint density at radius 3 is 2.30 bits per heavy atom. The Morgan fingerprint density at radius 2 is 1.70 bits per heavy atom. The van der Waals surface area contributed by atoms with Gasteiger partial charge in [0, 0.05) is 24.7 Å². The van der Waals surface area contributed by atoms with Crippen LogP contribution >= 0.6 is 0 Å². The molecule has 0 bridgehead atoms. The molecule has 1 N–H and O–H groups in total. The van der Waals surface area contributed by atoms with Gasteiger partial charge < -0.3 is 10.3 Å². The summed E-state index contributed by atoms with van der Waals surface area (Å²) in [7, 11) is 0. The van der Waals surface area contributed by atoms with E-state index in [4.69, 9.17) is 5.41 Å². The van der Waals surface area contributed by atoms with Crippen molar-refractivity contribution in [3.05, 3.63) is 47.0 Å². The van der Waals surface area contributed by atoms with Crippen molar-refractivity contribution in [2.24, 2.45) is 0 Å². The summed E-state index contributed by atoms with van der Waals surface area (Å²) in [6.07, 6.45) is 6.57. The van der Waals surface area contributed by atoms with Gasteiger partial charge in [-0.15, -0.1) is 0 Å². The summed E-state index contributed by atoms with van der Waals surface area (Å²) in [5, 5.41) is 8.16. The second-order valence-corrected chi connectivity index (χ2v) is 5.40. The van der Waals surface area contributed by atoms with E-state index in [1.54, 1.807) is 12.2 Å². The number of aryl methyl sites for hydroxylation is 2. The highest BCUT2D eigenvalue weighted by Gasteiger charge is 2.14. The molecule has 0 aromatic heterocycles. The molecule has 0 aliphatic carbocycles. The molecule has 3 heteroatoms. The third-order valence-corrected chi connectivity index (χ3v) is 3.81. The van der Waals surface area contributed by atoms with E-state index >= 15 is 0 Å². The van der Waals surface area contributed by atoms with E-state index in [2.05, 4.69) is 0 Å². The van der Waals surface area contributed by atoms with Crippen molar-refractivity contribution in [1.29, 1.82) is 5.41 Å². The standard InChI is InChI=1S/C17H22N2O/c1-13-7-6-8-14(2)17(13)15(18)9-10-16(20)19-11-4-3-5-12-19/h6-10,18H,3-5,11-12H2,1-2H3/b10-9+,18-15?. The van der Waals surface area contributed by atoms with Crippen LogP contribution in [0.15, 0.2) is 30.4 Å². The van der Waals surface area contributed by atoms with Crippen molar-refractivity contribution in [2.75, 3.05) is 13.1 Å². The maximum atomic E-state index is 12.0. The second-order valence-electron chi connectivity index (χ2n) is 5.40. The zero-order valence-corrected chi connectivity index (χ0v) is 12.3. The molecule has 0 spiro atoms. The molecule has 1 amide bonds. The van der Waals surface area contributed by atoms with Crippen LogP contribution in [0.2, 0.25) is 0 Å². The van der Waals surface area contributed by atoms with Crippen LogP contribution in [0.4, 0.5) is 0 Å². The topological polar surface area (TPSA) is 44.2 Å². The Balaban J connectivity index is 2.07. The summed E-state index contributed by atoms with van der Waals surface area (Å²) in [5.41, 5.74) is 3.48. The highest BCUT2D eigenvalue weighted by Crippen LogP contribution is 2.15. The number of hydrogen-bond acceptors (Lipinski definition) is 2. The Morgan fingerprint density at radius 1 is 1.10 bits per heavy atom. The van der Waals surface area contributed by atoms with E-state index < -0.39 is 0 Å². The van der Waals surface area contributed by atoms with Gasteiger partial charge in [0.05, 0.1) is 5.71 Å². The number of nitrogens with one attached hydrogen (secondary N) is 1. The molecule has 1 aliphatic rings. The van der Waals surface area contributed by atoms with E-state index in [1.165, 1.54) is 6.42 Å². The summed E-state index contributed by atoms with van der Waals surface area (Å²) < 4.78 is 0. The number of benzene rings is 1. The Labute approximate surface area is 120 Å². The number of rotatable bonds is 3. The van der Waals surface area contributed by atoms with Crippen LogP contribution in [0.5, 0.6) is 0 Å². The third-order valence-electron chi connectivity index (χ3n) is 3.81. The lowest BCUT2D eigenvalue weighted by Gasteiger charge is -2.25. The SMILES string of the molecule is Cc1cccc(C)c1C(=N)/C=C/C(=O)N1CCCCC1. The summed E-state index contributed by atoms with van der Waals surface area (Å²) in [5.74, 6) is 0.0284. The fourth-order valence-corrected chi connectivity index (χ4v) is 2.70. The number of nitrogens with zero attached hydrogens (tertiary/aromatic N) is 1. The fraction of sp³-hybridized carbons (Fsp3) is 0.412. The average molecular weight is 270 g/mol. The second kappa shape index (κ2) is 6.51. The molecule has 0 unspecified atom stereocenters. The molecule has 1 aromatic rings. The van der Waals surface area contributed by atoms with Crippen molar-refractivity contribution >= 4 is 11.6 Å². The number of carbonyl (C=O) groups is 1. The van der Waals surface area contributed by atoms with Crippen molar-refractivity contribution in [3.63, 3.8) is 0 Å². The van der Waals surface area contributed by atoms with E-state index in [0.717, 1.165) is 42.6 Å². The molecule has 106 valence electrons. The zero-order chi connectivity index (χ0) is 14.5. The molecule has 20 heavy (non-hydrogen) atoms. The first kappa shape index (κ1) is 14.5. The van der Waals surface area contributed by atoms with Gasteiger partial charge in [0.1, 0.15) is 0 Å². The largest absolute Gasteiger partial charge is 0.339 e. The summed E-state index contributed by atoms with van der Waals surface area (Å²) in [4.78, 5) is 13.9. The normalized spacial score (nSPS) is 15.6. The minimum Gasteiger partial charge on any atom is -0.339 e. The van der Waals surface area contributed by atoms with Gasteiger partial charge >= 0.3 is 0 Å². The first-order chi connectivity index (χ1) is 9.59. The summed E-state index contributed by atoms with van der Waals surface area (Å²) in [6, 6.07) is 5.98. The molecule has 0 radical (unpaired) electrons. The molecule has 1 aliphatic heterocycles. The number of piperidine rings is 1. The summed E-state index contributed by atoms with van der Waals surface area (Å²) in [6.45, 7) is 5.69. The van der Waals surface area contributed by atoms with Gasteiger partial charge in [-0.1, -0.05) is 18.2 Å². The maximum Gasteiger partial charge on any atom is 0.246 e. The minimum atomic E-state index is 0.0284. The molecule has 0 saturated carbocycles. The molecule has 1 aromatic carbocycles. The van der Waals surface area contributed by atoms with Crippen LogP contribution < -0.4 is 0 Å². The van der Waals surface area contributed by atoms with Crippen LogP contribution in [0.1, 0.15) is 36.0 Å². The van der Waals surface area contributed by atoms with Crippen molar-refractivity contribution < 1.29 is 4.79 Å². The first-order valence-electron chi connectivity index (χ1n) is 7.21. The van der Waals surface area contributed by atoms with E-state index in [-0.39, 0.29) is 5.91 Å². The Hall–Kier alpha value is -1.90. The predicted molar refractivity (Wildman–Crippen MR) is 82.3 cm³/mol. The molecule has 1 fully saturated rings. The number of hydrogen-bond donors (Lipinski definition) is 1. The molecular weight excluding hydrogens is 248 g/mol. The monoisotopic (exact) mass is 270 g/mol. The number of carbonyl (C=O) groups excluding carboxylic acids is 1. The van der Waals surface area contributed by atoms with Gasteiger partial charge in [0.2, 0.25) is 5.91 Å². The highest BCUT2D eigenvalue weighted by molar-refractivity contribution is 6.10. The Bertz CT molecular complexity index is 520. The van der Waals surface area contributed by atoms with Crippen molar-refractivity contribution in [2.45, 2.75) is 33.1 Å². The smallest absolute Gasteiger partial charge is 0.246 e. The predicted octanol–water partition coefficient (Wildman–Crippen LogP) is 3.24. The first-order valence-corrected chi connectivity index (χ1v) is 7.21. The van der Waals surface area contributed by atoms with E-state index in [0.29, 0.717) is 5.71 Å². The van der Waals surface area contributed by atoms with Gasteiger partial charge in [0.15, 0.2) is 0 Å². The van der Waals surface area contributed by atoms with Gasteiger partial charge in [-0.2, -0.15) is 0 Å². The van der Waals surface area contributed by atoms with Gasteiger partial charge in [0.25, 0.3) is 0 Å². The van der Waals surface area contributed by atoms with Crippen molar-refractivity contribution in [1.82, 2.24) is 4.90 Å². The van der Waals surface area contributed by atoms with Gasteiger partial charge in [-0.05, 0) is 50.3 Å². The lowest BCUT2D eigenvalue weighted by molar-refractivity contribution is -0.126.